The molecule has 1 saturated heterocycles. The highest BCUT2D eigenvalue weighted by Gasteiger charge is 2.40. The maximum atomic E-state index is 12.7. The fourth-order valence-corrected chi connectivity index (χ4v) is 3.13. The zero-order chi connectivity index (χ0) is 17.3. The molecule has 1 N–H and O–H groups in total. The van der Waals surface area contributed by atoms with Gasteiger partial charge in [0.15, 0.2) is 0 Å². The van der Waals surface area contributed by atoms with Gasteiger partial charge in [-0.05, 0) is 54.8 Å². The molecule has 0 radical (unpaired) electrons. The lowest BCUT2D eigenvalue weighted by atomic mass is 10.1. The van der Waals surface area contributed by atoms with E-state index in [4.69, 9.17) is 11.6 Å². The minimum atomic E-state index is -0.542. The van der Waals surface area contributed by atoms with Crippen LogP contribution in [0, 0.1) is 6.92 Å². The van der Waals surface area contributed by atoms with Gasteiger partial charge >= 0.3 is 0 Å². The molecule has 0 aromatic heterocycles. The van der Waals surface area contributed by atoms with E-state index in [9.17, 15) is 9.59 Å². The molecule has 2 aromatic rings. The molecule has 0 bridgehead atoms. The maximum Gasteiger partial charge on any atom is 0.256 e. The van der Waals surface area contributed by atoms with Crippen LogP contribution in [-0.4, -0.2) is 17.9 Å². The van der Waals surface area contributed by atoms with E-state index >= 15 is 0 Å². The van der Waals surface area contributed by atoms with Crippen LogP contribution in [-0.2, 0) is 16.0 Å². The number of rotatable bonds is 4. The van der Waals surface area contributed by atoms with E-state index in [-0.39, 0.29) is 18.2 Å². The van der Waals surface area contributed by atoms with Crippen molar-refractivity contribution >= 4 is 34.8 Å². The Balaban J connectivity index is 1.80. The molecule has 5 heteroatoms. The lowest BCUT2D eigenvalue weighted by Crippen LogP contribution is -2.35. The van der Waals surface area contributed by atoms with Crippen molar-refractivity contribution in [3.8, 4) is 0 Å². The summed E-state index contributed by atoms with van der Waals surface area (Å²) in [6.07, 6.45) is 1.11. The van der Waals surface area contributed by atoms with Crippen molar-refractivity contribution in [3.63, 3.8) is 0 Å². The van der Waals surface area contributed by atoms with Gasteiger partial charge in [-0.15, -0.1) is 0 Å². The van der Waals surface area contributed by atoms with Gasteiger partial charge in [0.2, 0.25) is 5.91 Å². The molecule has 0 aliphatic carbocycles. The number of hydrogen-bond acceptors (Lipinski definition) is 3. The van der Waals surface area contributed by atoms with E-state index in [0.29, 0.717) is 10.7 Å². The highest BCUT2D eigenvalue weighted by Crippen LogP contribution is 2.29. The third-order valence-corrected chi connectivity index (χ3v) is 4.48. The maximum absolute atomic E-state index is 12.7. The predicted octanol–water partition coefficient (Wildman–Crippen LogP) is 3.95. The van der Waals surface area contributed by atoms with Gasteiger partial charge in [-0.1, -0.05) is 30.7 Å². The van der Waals surface area contributed by atoms with Crippen LogP contribution >= 0.6 is 11.6 Å². The largest absolute Gasteiger partial charge is 0.373 e. The van der Waals surface area contributed by atoms with Gasteiger partial charge in [0, 0.05) is 10.7 Å². The highest BCUT2D eigenvalue weighted by molar-refractivity contribution is 6.31. The molecule has 24 heavy (non-hydrogen) atoms. The summed E-state index contributed by atoms with van der Waals surface area (Å²) in [5.41, 5.74) is 3.47. The van der Waals surface area contributed by atoms with Crippen LogP contribution in [0.1, 0.15) is 24.5 Å². The zero-order valence-electron chi connectivity index (χ0n) is 13.7. The molecule has 2 amide bonds. The van der Waals surface area contributed by atoms with E-state index < -0.39 is 6.04 Å². The van der Waals surface area contributed by atoms with E-state index in [2.05, 4.69) is 12.2 Å². The average Bonchev–Trinajstić information content (AvgIpc) is 2.83. The third-order valence-electron chi connectivity index (χ3n) is 4.25. The summed E-state index contributed by atoms with van der Waals surface area (Å²) in [4.78, 5) is 26.3. The predicted molar refractivity (Wildman–Crippen MR) is 96.5 cm³/mol. The van der Waals surface area contributed by atoms with Gasteiger partial charge in [0.25, 0.3) is 5.91 Å². The molecule has 0 saturated carbocycles. The SMILES string of the molecule is CCc1ccc(NC2CC(=O)N(c3ccc(Cl)cc3C)C2=O)cc1. The second kappa shape index (κ2) is 6.65. The molecule has 1 aliphatic heterocycles. The second-order valence-electron chi connectivity index (χ2n) is 5.95. The first kappa shape index (κ1) is 16.5. The summed E-state index contributed by atoms with van der Waals surface area (Å²) in [6, 6.07) is 12.5. The number of anilines is 2. The van der Waals surface area contributed by atoms with Crippen LogP contribution < -0.4 is 10.2 Å². The van der Waals surface area contributed by atoms with E-state index in [1.54, 1.807) is 18.2 Å². The minimum absolute atomic E-state index is 0.149. The van der Waals surface area contributed by atoms with Gasteiger partial charge in [0.1, 0.15) is 6.04 Å². The standard InChI is InChI=1S/C19H19ClN2O2/c1-3-13-4-7-15(8-5-13)21-16-11-18(23)22(19(16)24)17-9-6-14(20)10-12(17)2/h4-10,16,21H,3,11H2,1-2H3. The summed E-state index contributed by atoms with van der Waals surface area (Å²) < 4.78 is 0. The Kier molecular flexibility index (Phi) is 4.58. The van der Waals surface area contributed by atoms with Gasteiger partial charge in [0.05, 0.1) is 12.1 Å². The molecular formula is C19H19ClN2O2. The summed E-state index contributed by atoms with van der Waals surface area (Å²) in [5.74, 6) is -0.432. The molecule has 124 valence electrons. The number of benzene rings is 2. The van der Waals surface area contributed by atoms with Crippen molar-refractivity contribution in [2.75, 3.05) is 10.2 Å². The van der Waals surface area contributed by atoms with Gasteiger partial charge in [-0.3, -0.25) is 9.59 Å². The number of hydrogen-bond donors (Lipinski definition) is 1. The van der Waals surface area contributed by atoms with E-state index in [1.807, 2.05) is 31.2 Å². The van der Waals surface area contributed by atoms with Gasteiger partial charge < -0.3 is 5.32 Å². The Morgan fingerprint density at radius 3 is 2.50 bits per heavy atom. The quantitative estimate of drug-likeness (QED) is 0.856. The van der Waals surface area contributed by atoms with Crippen LogP contribution in [0.15, 0.2) is 42.5 Å². The minimum Gasteiger partial charge on any atom is -0.373 e. The Morgan fingerprint density at radius 2 is 1.88 bits per heavy atom. The lowest BCUT2D eigenvalue weighted by molar-refractivity contribution is -0.121. The number of halogens is 1. The summed E-state index contributed by atoms with van der Waals surface area (Å²) in [6.45, 7) is 3.93. The highest BCUT2D eigenvalue weighted by atomic mass is 35.5. The Hall–Kier alpha value is -2.33. The Labute approximate surface area is 146 Å². The van der Waals surface area contributed by atoms with Crippen LogP contribution in [0.5, 0.6) is 0 Å². The molecular weight excluding hydrogens is 324 g/mol. The number of nitrogens with one attached hydrogen (secondary N) is 1. The third kappa shape index (κ3) is 3.15. The average molecular weight is 343 g/mol. The first-order valence-electron chi connectivity index (χ1n) is 7.98. The number of carbonyl (C=O) groups is 2. The second-order valence-corrected chi connectivity index (χ2v) is 6.39. The Bertz CT molecular complexity index is 786. The van der Waals surface area contributed by atoms with Crippen LogP contribution in [0.3, 0.4) is 0 Å². The summed E-state index contributed by atoms with van der Waals surface area (Å²) in [7, 11) is 0. The fourth-order valence-electron chi connectivity index (χ4n) is 2.91. The van der Waals surface area contributed by atoms with Gasteiger partial charge in [-0.2, -0.15) is 0 Å². The zero-order valence-corrected chi connectivity index (χ0v) is 14.4. The van der Waals surface area contributed by atoms with Crippen LogP contribution in [0.25, 0.3) is 0 Å². The molecule has 2 aromatic carbocycles. The van der Waals surface area contributed by atoms with E-state index in [0.717, 1.165) is 17.7 Å². The molecule has 1 heterocycles. The van der Waals surface area contributed by atoms with Crippen LogP contribution in [0.2, 0.25) is 5.02 Å². The van der Waals surface area contributed by atoms with Crippen LogP contribution in [0.4, 0.5) is 11.4 Å². The van der Waals surface area contributed by atoms with Crippen molar-refractivity contribution in [3.05, 3.63) is 58.6 Å². The van der Waals surface area contributed by atoms with Gasteiger partial charge in [-0.25, -0.2) is 4.90 Å². The normalized spacial score (nSPS) is 17.5. The van der Waals surface area contributed by atoms with E-state index in [1.165, 1.54) is 10.5 Å². The van der Waals surface area contributed by atoms with Crippen molar-refractivity contribution in [1.29, 1.82) is 0 Å². The summed E-state index contributed by atoms with van der Waals surface area (Å²) >= 11 is 5.96. The molecule has 1 unspecified atom stereocenters. The molecule has 0 spiro atoms. The van der Waals surface area contributed by atoms with Crippen molar-refractivity contribution in [2.45, 2.75) is 32.7 Å². The molecule has 4 nitrogen and oxygen atoms in total. The molecule has 1 fully saturated rings. The number of amides is 2. The lowest BCUT2D eigenvalue weighted by Gasteiger charge is -2.18. The number of carbonyl (C=O) groups excluding carboxylic acids is 2. The molecule has 3 rings (SSSR count). The van der Waals surface area contributed by atoms with Crippen molar-refractivity contribution < 1.29 is 9.59 Å². The first-order valence-corrected chi connectivity index (χ1v) is 8.36. The Morgan fingerprint density at radius 1 is 1.17 bits per heavy atom. The monoisotopic (exact) mass is 342 g/mol. The molecule has 1 aliphatic rings. The van der Waals surface area contributed by atoms with Crippen molar-refractivity contribution in [1.82, 2.24) is 0 Å². The fraction of sp³-hybridized carbons (Fsp3) is 0.263. The number of aryl methyl sites for hydroxylation is 2. The molecule has 1 atom stereocenters. The topological polar surface area (TPSA) is 49.4 Å². The number of imide groups is 1. The smallest absolute Gasteiger partial charge is 0.256 e. The first-order chi connectivity index (χ1) is 11.5. The summed E-state index contributed by atoms with van der Waals surface area (Å²) in [5, 5.41) is 3.75. The van der Waals surface area contributed by atoms with Crippen molar-refractivity contribution in [2.24, 2.45) is 0 Å². The number of nitrogens with zero attached hydrogens (tertiary/aromatic N) is 1.